The summed E-state index contributed by atoms with van der Waals surface area (Å²) in [6, 6.07) is 12.1. The molecule has 6 aromatic rings. The molecule has 18 heteroatoms. The Hall–Kier alpha value is -6.20. The summed E-state index contributed by atoms with van der Waals surface area (Å²) in [6.07, 6.45) is 5.95. The molecule has 2 aromatic carbocycles. The number of esters is 1. The predicted molar refractivity (Wildman–Crippen MR) is 181 cm³/mol. The Morgan fingerprint density at radius 3 is 2.47 bits per heavy atom. The first-order valence-corrected chi connectivity index (χ1v) is 15.3. The number of nitrogens with one attached hydrogen (secondary N) is 4. The maximum atomic E-state index is 12.6. The van der Waals surface area contributed by atoms with Crippen LogP contribution in [0.1, 0.15) is 47.1 Å². The van der Waals surface area contributed by atoms with Crippen molar-refractivity contribution in [2.75, 3.05) is 11.1 Å². The maximum Gasteiger partial charge on any atom is 0.326 e. The minimum Gasteiger partial charge on any atom is -0.480 e. The van der Waals surface area contributed by atoms with Crippen molar-refractivity contribution in [3.05, 3.63) is 100 Å². The Balaban J connectivity index is 0.000000410. The monoisotopic (exact) mass is 729 g/mol. The third kappa shape index (κ3) is 10.2. The number of aryl methyl sites for hydroxylation is 2. The molecule has 7 N–H and O–H groups in total. The summed E-state index contributed by atoms with van der Waals surface area (Å²) in [7, 11) is 0. The normalized spacial score (nSPS) is 11.1. The van der Waals surface area contributed by atoms with Crippen LogP contribution in [-0.4, -0.2) is 68.9 Å². The van der Waals surface area contributed by atoms with E-state index in [9.17, 15) is 24.3 Å². The maximum absolute atomic E-state index is 12.6. The number of nitrogens with zero attached hydrogens (tertiary/aromatic N) is 6. The molecule has 0 fully saturated rings. The first kappa shape index (κ1) is 37.6. The molecule has 6 rings (SSSR count). The molecule has 0 spiro atoms. The number of ether oxygens (including phenoxy) is 1. The largest absolute Gasteiger partial charge is 0.480 e. The SMILES string of the molecule is CCc1ccc(OC(=O)CC[C@H](NC(=O)c2ccc(NCc3cnc4n[c-][nH]c(=O)c4n3)cc2)C(=O)O)cc1.Cc1nc(N)nc2nc[nH]c12.[V]. The Kier molecular flexibility index (Phi) is 12.9. The molecular weight excluding hydrogens is 697 g/mol. The summed E-state index contributed by atoms with van der Waals surface area (Å²) >= 11 is 0. The van der Waals surface area contributed by atoms with Gasteiger partial charge in [0.05, 0.1) is 35.4 Å². The zero-order chi connectivity index (χ0) is 35.6. The average Bonchev–Trinajstić information content (AvgIpc) is 3.59. The van der Waals surface area contributed by atoms with Crippen molar-refractivity contribution in [2.24, 2.45) is 0 Å². The first-order chi connectivity index (χ1) is 24.1. The van der Waals surface area contributed by atoms with Gasteiger partial charge >= 0.3 is 11.9 Å². The van der Waals surface area contributed by atoms with E-state index in [1.807, 2.05) is 26.0 Å². The number of aromatic nitrogens is 8. The number of carbonyl (C=O) groups is 3. The molecule has 261 valence electrons. The van der Waals surface area contributed by atoms with Crippen LogP contribution in [0, 0.1) is 13.3 Å². The standard InChI is InChI=1S/C27H25N6O6.C6H7N5.V/c1-2-16-3-9-20(10-4-16)39-22(34)12-11-21(27(37)38)33-25(35)17-5-7-18(8-6-17)28-13-19-14-29-24-23(32-19)26(36)31-15-30-24;1-3-4-5(9-2-8-4)11-6(7)10-3;/h3-10,14,21,28H,2,11-13H2,1H3,(H,33,35)(H,37,38)(H,29,30,31,36);2H,1H3,(H3,7,8,9,10,11);/q-1;;/t21-;;/m0../s1. The van der Waals surface area contributed by atoms with Crippen LogP contribution in [0.2, 0.25) is 0 Å². The van der Waals surface area contributed by atoms with E-state index in [0.717, 1.165) is 23.2 Å². The van der Waals surface area contributed by atoms with E-state index in [-0.39, 0.29) is 60.6 Å². The van der Waals surface area contributed by atoms with Gasteiger partial charge in [-0.25, -0.2) is 14.8 Å². The molecule has 4 heterocycles. The average molecular weight is 730 g/mol. The summed E-state index contributed by atoms with van der Waals surface area (Å²) in [4.78, 5) is 77.6. The van der Waals surface area contributed by atoms with E-state index in [1.54, 1.807) is 30.6 Å². The Morgan fingerprint density at radius 1 is 1.02 bits per heavy atom. The zero-order valence-electron chi connectivity index (χ0n) is 27.4. The van der Waals surface area contributed by atoms with Crippen LogP contribution >= 0.6 is 0 Å². The van der Waals surface area contributed by atoms with E-state index in [2.05, 4.69) is 56.8 Å². The van der Waals surface area contributed by atoms with Gasteiger partial charge in [-0.05, 0) is 61.7 Å². The molecule has 0 saturated carbocycles. The summed E-state index contributed by atoms with van der Waals surface area (Å²) in [5.74, 6) is -1.81. The predicted octanol–water partition coefficient (Wildman–Crippen LogP) is 2.50. The molecule has 0 bridgehead atoms. The summed E-state index contributed by atoms with van der Waals surface area (Å²) in [6.45, 7) is 4.13. The molecular formula is C33H32N11O6V-. The van der Waals surface area contributed by atoms with E-state index >= 15 is 0 Å². The van der Waals surface area contributed by atoms with Gasteiger partial charge < -0.3 is 46.0 Å². The van der Waals surface area contributed by atoms with Crippen LogP contribution in [0.15, 0.2) is 65.8 Å². The molecule has 0 aliphatic rings. The van der Waals surface area contributed by atoms with Gasteiger partial charge in [0.15, 0.2) is 11.2 Å². The van der Waals surface area contributed by atoms with Crippen molar-refractivity contribution in [2.45, 2.75) is 45.7 Å². The number of hydrogen-bond acceptors (Lipinski definition) is 13. The third-order valence-electron chi connectivity index (χ3n) is 7.26. The summed E-state index contributed by atoms with van der Waals surface area (Å²) in [5, 5.41) is 15.1. The van der Waals surface area contributed by atoms with Crippen molar-refractivity contribution in [3.63, 3.8) is 0 Å². The van der Waals surface area contributed by atoms with Gasteiger partial charge in [0.25, 0.3) is 5.91 Å². The minimum absolute atomic E-state index is 0. The number of carbonyl (C=O) groups excluding carboxylic acids is 2. The molecule has 1 radical (unpaired) electrons. The summed E-state index contributed by atoms with van der Waals surface area (Å²) < 4.78 is 5.25. The first-order valence-electron chi connectivity index (χ1n) is 15.3. The van der Waals surface area contributed by atoms with E-state index in [0.29, 0.717) is 22.8 Å². The van der Waals surface area contributed by atoms with Crippen molar-refractivity contribution in [1.29, 1.82) is 0 Å². The van der Waals surface area contributed by atoms with Gasteiger partial charge in [-0.2, -0.15) is 4.98 Å². The number of nitrogen functional groups attached to an aromatic ring is 1. The fourth-order valence-electron chi connectivity index (χ4n) is 4.60. The van der Waals surface area contributed by atoms with Gasteiger partial charge in [0, 0.05) is 48.8 Å². The van der Waals surface area contributed by atoms with Crippen molar-refractivity contribution < 1.29 is 42.8 Å². The second-order valence-electron chi connectivity index (χ2n) is 10.8. The number of fused-ring (bicyclic) bond motifs is 2. The minimum atomic E-state index is -1.27. The van der Waals surface area contributed by atoms with Gasteiger partial charge in [-0.3, -0.25) is 19.6 Å². The van der Waals surface area contributed by atoms with Crippen LogP contribution < -0.4 is 26.7 Å². The number of aromatic amines is 2. The number of nitrogens with two attached hydrogens (primary N) is 1. The number of anilines is 2. The number of benzene rings is 2. The summed E-state index contributed by atoms with van der Waals surface area (Å²) in [5.41, 5.74) is 10.1. The molecule has 17 nitrogen and oxygen atoms in total. The number of carboxylic acid groups (broad SMARTS) is 1. The fourth-order valence-corrected chi connectivity index (χ4v) is 4.60. The van der Waals surface area contributed by atoms with E-state index in [1.165, 1.54) is 18.3 Å². The second-order valence-corrected chi connectivity index (χ2v) is 10.8. The van der Waals surface area contributed by atoms with Gasteiger partial charge in [-0.15, -0.1) is 0 Å². The van der Waals surface area contributed by atoms with E-state index in [4.69, 9.17) is 10.5 Å². The quantitative estimate of drug-likeness (QED) is 0.0637. The Bertz CT molecular complexity index is 2190. The molecule has 4 aromatic heterocycles. The van der Waals surface area contributed by atoms with Crippen LogP contribution in [0.3, 0.4) is 0 Å². The van der Waals surface area contributed by atoms with Gasteiger partial charge in [0.2, 0.25) is 5.95 Å². The number of carboxylic acids is 1. The van der Waals surface area contributed by atoms with Crippen molar-refractivity contribution in [1.82, 2.24) is 45.2 Å². The van der Waals surface area contributed by atoms with Crippen LogP contribution in [-0.2, 0) is 41.1 Å². The molecule has 1 amide bonds. The Labute approximate surface area is 301 Å². The number of imidazole rings is 1. The molecule has 0 unspecified atom stereocenters. The van der Waals surface area contributed by atoms with Gasteiger partial charge in [0.1, 0.15) is 17.3 Å². The molecule has 0 saturated heterocycles. The van der Waals surface area contributed by atoms with Crippen LogP contribution in [0.25, 0.3) is 22.3 Å². The van der Waals surface area contributed by atoms with Crippen LogP contribution in [0.4, 0.5) is 11.6 Å². The number of H-pyrrole nitrogens is 2. The number of hydrogen-bond donors (Lipinski definition) is 6. The zero-order valence-corrected chi connectivity index (χ0v) is 28.8. The van der Waals surface area contributed by atoms with E-state index < -0.39 is 29.4 Å². The Morgan fingerprint density at radius 2 is 1.76 bits per heavy atom. The van der Waals surface area contributed by atoms with Crippen LogP contribution in [0.5, 0.6) is 5.75 Å². The van der Waals surface area contributed by atoms with Crippen molar-refractivity contribution in [3.8, 4) is 5.75 Å². The van der Waals surface area contributed by atoms with Gasteiger partial charge in [-0.1, -0.05) is 19.1 Å². The molecule has 0 aliphatic carbocycles. The molecule has 0 aliphatic heterocycles. The van der Waals surface area contributed by atoms with Crippen molar-refractivity contribution >= 4 is 51.8 Å². The number of amides is 1. The molecule has 51 heavy (non-hydrogen) atoms. The number of rotatable bonds is 11. The topological polar surface area (TPSA) is 257 Å². The number of aliphatic carboxylic acids is 1. The second kappa shape index (κ2) is 17.5. The molecule has 1 atom stereocenters. The fraction of sp³-hybridized carbons (Fsp3) is 0.212. The smallest absolute Gasteiger partial charge is 0.326 e. The third-order valence-corrected chi connectivity index (χ3v) is 7.26.